The zero-order valence-electron chi connectivity index (χ0n) is 13.4. The molecule has 3 rings (SSSR count). The number of anilines is 1. The summed E-state index contributed by atoms with van der Waals surface area (Å²) in [6, 6.07) is 10.2. The minimum Gasteiger partial charge on any atom is -0.339 e. The highest BCUT2D eigenvalue weighted by Crippen LogP contribution is 2.34. The molecule has 0 aliphatic carbocycles. The Labute approximate surface area is 127 Å². The molecule has 21 heavy (non-hydrogen) atoms. The van der Waals surface area contributed by atoms with Crippen LogP contribution in [0.4, 0.5) is 5.69 Å². The number of nitrogens with zero attached hydrogens (tertiary/aromatic N) is 1. The molecule has 0 bridgehead atoms. The monoisotopic (exact) mass is 289 g/mol. The molecular weight excluding hydrogens is 262 g/mol. The minimum absolute atomic E-state index is 0.183. The maximum atomic E-state index is 12.2. The van der Waals surface area contributed by atoms with Crippen molar-refractivity contribution in [2.45, 2.75) is 39.2 Å². The van der Waals surface area contributed by atoms with Crippen LogP contribution in [0.1, 0.15) is 33.6 Å². The second kappa shape index (κ2) is 6.94. The molecule has 2 saturated heterocycles. The molecule has 0 saturated carbocycles. The molecule has 1 amide bonds. The summed E-state index contributed by atoms with van der Waals surface area (Å²) in [7, 11) is 0. The standard InChI is InChI=1S/C13H17N3O.C4H10/c17-12-13(6-8-14-9-7-13)16(10-15-12)11-4-2-1-3-5-11;1-4(2)3/h1-5,14H,6-10H2,(H,15,17);4H,1-3H3. The number of carbonyl (C=O) groups is 1. The van der Waals surface area contributed by atoms with Crippen LogP contribution in [-0.4, -0.2) is 31.2 Å². The zero-order chi connectivity index (χ0) is 15.3. The molecule has 0 aromatic heterocycles. The fourth-order valence-corrected chi connectivity index (χ4v) is 2.87. The molecule has 0 radical (unpaired) electrons. The third kappa shape index (κ3) is 3.56. The summed E-state index contributed by atoms with van der Waals surface area (Å²) >= 11 is 0. The normalized spacial score (nSPS) is 20.2. The highest BCUT2D eigenvalue weighted by Gasteiger charge is 2.48. The van der Waals surface area contributed by atoms with Crippen LogP contribution in [0.3, 0.4) is 0 Å². The minimum atomic E-state index is -0.327. The molecule has 2 heterocycles. The van der Waals surface area contributed by atoms with Crippen LogP contribution < -0.4 is 15.5 Å². The fraction of sp³-hybridized carbons (Fsp3) is 0.588. The van der Waals surface area contributed by atoms with E-state index in [2.05, 4.69) is 48.4 Å². The quantitative estimate of drug-likeness (QED) is 0.834. The van der Waals surface area contributed by atoms with Crippen molar-refractivity contribution in [3.8, 4) is 0 Å². The van der Waals surface area contributed by atoms with Crippen LogP contribution in [0.15, 0.2) is 30.3 Å². The van der Waals surface area contributed by atoms with Crippen molar-refractivity contribution in [3.05, 3.63) is 30.3 Å². The first-order chi connectivity index (χ1) is 10.1. The first kappa shape index (κ1) is 15.8. The topological polar surface area (TPSA) is 44.4 Å². The lowest BCUT2D eigenvalue weighted by atomic mass is 9.86. The Morgan fingerprint density at radius 2 is 1.67 bits per heavy atom. The number of benzene rings is 1. The number of nitrogens with one attached hydrogen (secondary N) is 2. The Bertz CT molecular complexity index is 450. The highest BCUT2D eigenvalue weighted by atomic mass is 16.2. The van der Waals surface area contributed by atoms with Gasteiger partial charge in [0.2, 0.25) is 5.91 Å². The predicted octanol–water partition coefficient (Wildman–Crippen LogP) is 2.36. The summed E-state index contributed by atoms with van der Waals surface area (Å²) in [6.07, 6.45) is 1.77. The van der Waals surface area contributed by atoms with Gasteiger partial charge >= 0.3 is 0 Å². The Balaban J connectivity index is 0.000000361. The zero-order valence-corrected chi connectivity index (χ0v) is 13.4. The summed E-state index contributed by atoms with van der Waals surface area (Å²) in [4.78, 5) is 14.4. The van der Waals surface area contributed by atoms with Gasteiger partial charge in [0.05, 0.1) is 6.67 Å². The van der Waals surface area contributed by atoms with Crippen molar-refractivity contribution in [3.63, 3.8) is 0 Å². The molecule has 2 aliphatic heterocycles. The van der Waals surface area contributed by atoms with Gasteiger partial charge in [-0.05, 0) is 44.0 Å². The summed E-state index contributed by atoms with van der Waals surface area (Å²) in [5, 5.41) is 6.31. The van der Waals surface area contributed by atoms with Gasteiger partial charge in [-0.1, -0.05) is 39.0 Å². The highest BCUT2D eigenvalue weighted by molar-refractivity contribution is 5.93. The second-order valence-corrected chi connectivity index (χ2v) is 6.44. The van der Waals surface area contributed by atoms with Gasteiger partial charge in [-0.15, -0.1) is 0 Å². The number of piperidine rings is 1. The third-order valence-corrected chi connectivity index (χ3v) is 3.84. The third-order valence-electron chi connectivity index (χ3n) is 3.84. The van der Waals surface area contributed by atoms with E-state index >= 15 is 0 Å². The number of rotatable bonds is 1. The molecule has 116 valence electrons. The average molecular weight is 289 g/mol. The van der Waals surface area contributed by atoms with E-state index in [-0.39, 0.29) is 11.4 Å². The summed E-state index contributed by atoms with van der Waals surface area (Å²) in [5.41, 5.74) is 0.805. The Kier molecular flexibility index (Phi) is 5.23. The van der Waals surface area contributed by atoms with Crippen molar-refractivity contribution in [1.29, 1.82) is 0 Å². The van der Waals surface area contributed by atoms with Crippen molar-refractivity contribution in [2.24, 2.45) is 5.92 Å². The van der Waals surface area contributed by atoms with E-state index in [0.29, 0.717) is 6.67 Å². The SMILES string of the molecule is CC(C)C.O=C1NCN(c2ccccc2)C12CCNCC2. The van der Waals surface area contributed by atoms with E-state index in [0.717, 1.165) is 37.5 Å². The fourth-order valence-electron chi connectivity index (χ4n) is 2.87. The smallest absolute Gasteiger partial charge is 0.247 e. The van der Waals surface area contributed by atoms with Crippen LogP contribution >= 0.6 is 0 Å². The Morgan fingerprint density at radius 1 is 1.10 bits per heavy atom. The maximum Gasteiger partial charge on any atom is 0.247 e. The summed E-state index contributed by atoms with van der Waals surface area (Å²) < 4.78 is 0. The van der Waals surface area contributed by atoms with Gasteiger partial charge in [0.15, 0.2) is 0 Å². The molecule has 2 fully saturated rings. The van der Waals surface area contributed by atoms with Crippen molar-refractivity contribution in [2.75, 3.05) is 24.7 Å². The summed E-state index contributed by atoms with van der Waals surface area (Å²) in [5.74, 6) is 1.02. The Morgan fingerprint density at radius 3 is 2.24 bits per heavy atom. The first-order valence-electron chi connectivity index (χ1n) is 7.88. The molecule has 2 N–H and O–H groups in total. The molecular formula is C17H27N3O. The second-order valence-electron chi connectivity index (χ2n) is 6.44. The molecule has 4 nitrogen and oxygen atoms in total. The molecule has 0 atom stereocenters. The van der Waals surface area contributed by atoms with E-state index < -0.39 is 0 Å². The molecule has 1 aromatic rings. The first-order valence-corrected chi connectivity index (χ1v) is 7.88. The van der Waals surface area contributed by atoms with Crippen LogP contribution in [0, 0.1) is 5.92 Å². The van der Waals surface area contributed by atoms with Crippen molar-refractivity contribution < 1.29 is 4.79 Å². The van der Waals surface area contributed by atoms with Crippen LogP contribution in [-0.2, 0) is 4.79 Å². The van der Waals surface area contributed by atoms with Crippen LogP contribution in [0.2, 0.25) is 0 Å². The predicted molar refractivity (Wildman–Crippen MR) is 87.3 cm³/mol. The van der Waals surface area contributed by atoms with Gasteiger partial charge in [-0.2, -0.15) is 0 Å². The van der Waals surface area contributed by atoms with E-state index in [4.69, 9.17) is 0 Å². The van der Waals surface area contributed by atoms with E-state index in [1.54, 1.807) is 0 Å². The number of para-hydroxylation sites is 1. The lowest BCUT2D eigenvalue weighted by molar-refractivity contribution is -0.124. The number of amides is 1. The van der Waals surface area contributed by atoms with E-state index in [1.165, 1.54) is 0 Å². The van der Waals surface area contributed by atoms with Gasteiger partial charge in [-0.25, -0.2) is 0 Å². The van der Waals surface area contributed by atoms with Gasteiger partial charge < -0.3 is 15.5 Å². The lowest BCUT2D eigenvalue weighted by Crippen LogP contribution is -2.55. The Hall–Kier alpha value is -1.55. The van der Waals surface area contributed by atoms with E-state index in [9.17, 15) is 4.79 Å². The van der Waals surface area contributed by atoms with Crippen molar-refractivity contribution >= 4 is 11.6 Å². The van der Waals surface area contributed by atoms with Gasteiger partial charge in [0.1, 0.15) is 5.54 Å². The van der Waals surface area contributed by atoms with Crippen molar-refractivity contribution in [1.82, 2.24) is 10.6 Å². The van der Waals surface area contributed by atoms with Gasteiger partial charge in [-0.3, -0.25) is 4.79 Å². The number of carbonyl (C=O) groups excluding carboxylic acids is 1. The van der Waals surface area contributed by atoms with Gasteiger partial charge in [0.25, 0.3) is 0 Å². The molecule has 0 unspecified atom stereocenters. The van der Waals surface area contributed by atoms with Gasteiger partial charge in [0, 0.05) is 5.69 Å². The maximum absolute atomic E-state index is 12.2. The molecule has 1 aromatic carbocycles. The largest absolute Gasteiger partial charge is 0.339 e. The lowest BCUT2D eigenvalue weighted by Gasteiger charge is -2.40. The average Bonchev–Trinajstić information content (AvgIpc) is 2.77. The molecule has 1 spiro atoms. The number of hydrogen-bond donors (Lipinski definition) is 2. The number of hydrogen-bond acceptors (Lipinski definition) is 3. The molecule has 4 heteroatoms. The van der Waals surface area contributed by atoms with E-state index in [1.807, 2.05) is 18.2 Å². The van der Waals surface area contributed by atoms with Crippen LogP contribution in [0.25, 0.3) is 0 Å². The summed E-state index contributed by atoms with van der Waals surface area (Å²) in [6.45, 7) is 8.95. The molecule has 2 aliphatic rings. The van der Waals surface area contributed by atoms with Crippen LogP contribution in [0.5, 0.6) is 0 Å².